The molecule has 0 aliphatic heterocycles. The molecule has 0 heterocycles. The molecule has 0 aromatic carbocycles. The first-order valence-electron chi connectivity index (χ1n) is 5.63. The first kappa shape index (κ1) is 8.72. The van der Waals surface area contributed by atoms with E-state index in [0.29, 0.717) is 0 Å². The van der Waals surface area contributed by atoms with Crippen LogP contribution in [0.25, 0.3) is 0 Å². The molecule has 0 radical (unpaired) electrons. The van der Waals surface area contributed by atoms with Crippen molar-refractivity contribution in [2.24, 2.45) is 29.1 Å². The topological polar surface area (TPSA) is 52.3 Å². The first-order chi connectivity index (χ1) is 6.72. The van der Waals surface area contributed by atoms with Crippen LogP contribution in [0.15, 0.2) is 0 Å². The largest absolute Gasteiger partial charge is 0.373 e. The predicted molar refractivity (Wildman–Crippen MR) is 50.9 cm³/mol. The molecule has 0 aromatic heterocycles. The molecular formula is C11H17NO2. The number of hydrogen-bond donors (Lipinski definition) is 1. The van der Waals surface area contributed by atoms with Crippen molar-refractivity contribution in [2.75, 3.05) is 0 Å². The summed E-state index contributed by atoms with van der Waals surface area (Å²) in [6, 6.07) is 0. The Morgan fingerprint density at radius 2 is 1.50 bits per heavy atom. The lowest BCUT2D eigenvalue weighted by molar-refractivity contribution is -0.172. The van der Waals surface area contributed by atoms with E-state index in [2.05, 4.69) is 4.84 Å². The van der Waals surface area contributed by atoms with Gasteiger partial charge in [-0.2, -0.15) is 5.90 Å². The van der Waals surface area contributed by atoms with Gasteiger partial charge in [-0.15, -0.1) is 0 Å². The fourth-order valence-corrected chi connectivity index (χ4v) is 4.49. The molecule has 0 unspecified atom stereocenters. The fraction of sp³-hybridized carbons (Fsp3) is 0.909. The molecule has 4 fully saturated rings. The van der Waals surface area contributed by atoms with Gasteiger partial charge in [0, 0.05) is 0 Å². The molecule has 4 saturated carbocycles. The molecule has 4 aliphatic rings. The minimum absolute atomic E-state index is 0.142. The Balaban J connectivity index is 1.91. The van der Waals surface area contributed by atoms with E-state index in [1.807, 2.05) is 0 Å². The lowest BCUT2D eigenvalue weighted by Crippen LogP contribution is -2.51. The lowest BCUT2D eigenvalue weighted by atomic mass is 9.49. The predicted octanol–water partition coefficient (Wildman–Crippen LogP) is 1.62. The summed E-state index contributed by atoms with van der Waals surface area (Å²) in [5.41, 5.74) is -0.177. The average Bonchev–Trinajstić information content (AvgIpc) is 2.14. The molecule has 14 heavy (non-hydrogen) atoms. The zero-order valence-corrected chi connectivity index (χ0v) is 8.37. The number of carbonyl (C=O) groups is 1. The van der Waals surface area contributed by atoms with Gasteiger partial charge >= 0.3 is 5.97 Å². The van der Waals surface area contributed by atoms with E-state index in [1.54, 1.807) is 0 Å². The van der Waals surface area contributed by atoms with Gasteiger partial charge < -0.3 is 4.84 Å². The highest BCUT2D eigenvalue weighted by Gasteiger charge is 2.55. The second kappa shape index (κ2) is 2.72. The Kier molecular flexibility index (Phi) is 1.69. The Hall–Kier alpha value is -0.570. The van der Waals surface area contributed by atoms with Crippen molar-refractivity contribution < 1.29 is 9.63 Å². The van der Waals surface area contributed by atoms with E-state index < -0.39 is 0 Å². The molecule has 0 amide bonds. The highest BCUT2D eigenvalue weighted by Crippen LogP contribution is 2.60. The van der Waals surface area contributed by atoms with E-state index in [-0.39, 0.29) is 11.4 Å². The van der Waals surface area contributed by atoms with E-state index in [0.717, 1.165) is 37.0 Å². The molecule has 2 N–H and O–H groups in total. The highest BCUT2D eigenvalue weighted by molar-refractivity contribution is 5.77. The van der Waals surface area contributed by atoms with Gasteiger partial charge in [-0.25, -0.2) is 4.79 Å². The third-order valence-electron chi connectivity index (χ3n) is 4.58. The molecule has 3 heteroatoms. The highest BCUT2D eigenvalue weighted by atomic mass is 16.7. The first-order valence-corrected chi connectivity index (χ1v) is 5.63. The van der Waals surface area contributed by atoms with Crippen molar-refractivity contribution in [3.05, 3.63) is 0 Å². The number of rotatable bonds is 1. The summed E-state index contributed by atoms with van der Waals surface area (Å²) in [5.74, 6) is 7.24. The van der Waals surface area contributed by atoms with E-state index >= 15 is 0 Å². The van der Waals surface area contributed by atoms with Gasteiger partial charge in [-0.3, -0.25) is 0 Å². The molecule has 0 atom stereocenters. The molecule has 4 rings (SSSR count). The minimum atomic E-state index is -0.177. The Morgan fingerprint density at radius 3 is 1.86 bits per heavy atom. The van der Waals surface area contributed by atoms with Crippen molar-refractivity contribution in [3.8, 4) is 0 Å². The monoisotopic (exact) mass is 195 g/mol. The van der Waals surface area contributed by atoms with Crippen LogP contribution in [-0.2, 0) is 9.63 Å². The Morgan fingerprint density at radius 1 is 1.07 bits per heavy atom. The molecular weight excluding hydrogens is 178 g/mol. The SMILES string of the molecule is NOC(=O)C12CC3CC(CC(C3)C1)C2. The van der Waals surface area contributed by atoms with Gasteiger partial charge in [0.15, 0.2) is 0 Å². The van der Waals surface area contributed by atoms with Crippen LogP contribution in [-0.4, -0.2) is 5.97 Å². The van der Waals surface area contributed by atoms with Gasteiger partial charge in [-0.1, -0.05) is 0 Å². The normalized spacial score (nSPS) is 49.4. The summed E-state index contributed by atoms with van der Waals surface area (Å²) in [6.07, 6.45) is 7.14. The Labute approximate surface area is 83.9 Å². The van der Waals surface area contributed by atoms with Crippen LogP contribution in [0.3, 0.4) is 0 Å². The van der Waals surface area contributed by atoms with Crippen LogP contribution in [0.5, 0.6) is 0 Å². The van der Waals surface area contributed by atoms with Crippen molar-refractivity contribution in [1.82, 2.24) is 0 Å². The van der Waals surface area contributed by atoms with Crippen LogP contribution in [0.4, 0.5) is 0 Å². The summed E-state index contributed by atoms with van der Waals surface area (Å²) >= 11 is 0. The molecule has 3 nitrogen and oxygen atoms in total. The molecule has 4 bridgehead atoms. The van der Waals surface area contributed by atoms with E-state index in [4.69, 9.17) is 5.90 Å². The Bertz CT molecular complexity index is 239. The van der Waals surface area contributed by atoms with Crippen molar-refractivity contribution in [3.63, 3.8) is 0 Å². The van der Waals surface area contributed by atoms with Gasteiger partial charge in [0.05, 0.1) is 5.41 Å². The quantitative estimate of drug-likeness (QED) is 0.647. The molecule has 4 aliphatic carbocycles. The van der Waals surface area contributed by atoms with Crippen molar-refractivity contribution in [1.29, 1.82) is 0 Å². The maximum Gasteiger partial charge on any atom is 0.330 e. The smallest absolute Gasteiger partial charge is 0.330 e. The standard InChI is InChI=1S/C11H17NO2/c12-14-10(13)11-4-7-1-8(5-11)3-9(2-7)6-11/h7-9H,1-6,12H2. The van der Waals surface area contributed by atoms with Crippen LogP contribution < -0.4 is 5.90 Å². The summed E-state index contributed by atoms with van der Waals surface area (Å²) in [7, 11) is 0. The summed E-state index contributed by atoms with van der Waals surface area (Å²) in [5, 5.41) is 0. The number of nitrogens with two attached hydrogens (primary N) is 1. The summed E-state index contributed by atoms with van der Waals surface area (Å²) in [4.78, 5) is 16.2. The maximum absolute atomic E-state index is 11.7. The molecule has 0 spiro atoms. The van der Waals surface area contributed by atoms with Crippen LogP contribution in [0, 0.1) is 23.2 Å². The zero-order chi connectivity index (χ0) is 9.76. The maximum atomic E-state index is 11.7. The van der Waals surface area contributed by atoms with E-state index in [9.17, 15) is 4.79 Å². The minimum Gasteiger partial charge on any atom is -0.373 e. The van der Waals surface area contributed by atoms with Gasteiger partial charge in [-0.05, 0) is 56.3 Å². The van der Waals surface area contributed by atoms with E-state index in [1.165, 1.54) is 19.3 Å². The number of carbonyl (C=O) groups excluding carboxylic acids is 1. The second-order valence-electron chi connectivity index (χ2n) is 5.60. The fourth-order valence-electron chi connectivity index (χ4n) is 4.49. The van der Waals surface area contributed by atoms with Crippen LogP contribution in [0.2, 0.25) is 0 Å². The van der Waals surface area contributed by atoms with Crippen LogP contribution >= 0.6 is 0 Å². The molecule has 0 saturated heterocycles. The van der Waals surface area contributed by atoms with Crippen LogP contribution in [0.1, 0.15) is 38.5 Å². The second-order valence-corrected chi connectivity index (χ2v) is 5.60. The van der Waals surface area contributed by atoms with Crippen molar-refractivity contribution >= 4 is 5.97 Å². The lowest BCUT2D eigenvalue weighted by Gasteiger charge is -2.54. The molecule has 78 valence electrons. The van der Waals surface area contributed by atoms with Crippen molar-refractivity contribution in [2.45, 2.75) is 38.5 Å². The summed E-state index contributed by atoms with van der Waals surface area (Å²) < 4.78 is 0. The summed E-state index contributed by atoms with van der Waals surface area (Å²) in [6.45, 7) is 0. The van der Waals surface area contributed by atoms with Gasteiger partial charge in [0.25, 0.3) is 0 Å². The zero-order valence-electron chi connectivity index (χ0n) is 8.37. The average molecular weight is 195 g/mol. The van der Waals surface area contributed by atoms with Gasteiger partial charge in [0.1, 0.15) is 0 Å². The third kappa shape index (κ3) is 1.05. The van der Waals surface area contributed by atoms with Gasteiger partial charge in [0.2, 0.25) is 0 Å². The molecule has 0 aromatic rings. The number of hydrogen-bond acceptors (Lipinski definition) is 3. The third-order valence-corrected chi connectivity index (χ3v) is 4.58.